The van der Waals surface area contributed by atoms with Crippen molar-refractivity contribution < 1.29 is 23.7 Å². The zero-order valence-electron chi connectivity index (χ0n) is 16.6. The van der Waals surface area contributed by atoms with Gasteiger partial charge in [0, 0.05) is 5.56 Å². The summed E-state index contributed by atoms with van der Waals surface area (Å²) in [5.74, 6) is 2.71. The first-order valence-electron chi connectivity index (χ1n) is 9.17. The van der Waals surface area contributed by atoms with Gasteiger partial charge in [0.25, 0.3) is 5.91 Å². The molecule has 0 spiro atoms. The maximum Gasteiger partial charge on any atom is 0.255 e. The number of hydrogen-bond donors (Lipinski definition) is 1. The highest BCUT2D eigenvalue weighted by molar-refractivity contribution is 6.05. The monoisotopic (exact) mass is 393 g/mol. The van der Waals surface area contributed by atoms with Crippen LogP contribution >= 0.6 is 0 Å². The van der Waals surface area contributed by atoms with Crippen LogP contribution in [0.2, 0.25) is 0 Å². The molecule has 150 valence electrons. The quantitative estimate of drug-likeness (QED) is 0.573. The van der Waals surface area contributed by atoms with Gasteiger partial charge in [-0.1, -0.05) is 12.1 Å². The summed E-state index contributed by atoms with van der Waals surface area (Å²) >= 11 is 0. The number of anilines is 1. The van der Waals surface area contributed by atoms with E-state index < -0.39 is 0 Å². The second-order valence-electron chi connectivity index (χ2n) is 6.03. The van der Waals surface area contributed by atoms with Gasteiger partial charge in [0.05, 0.1) is 26.5 Å². The van der Waals surface area contributed by atoms with E-state index in [1.54, 1.807) is 37.4 Å². The molecule has 29 heavy (non-hydrogen) atoms. The van der Waals surface area contributed by atoms with Gasteiger partial charge < -0.3 is 24.3 Å². The summed E-state index contributed by atoms with van der Waals surface area (Å²) in [6, 6.07) is 19.5. The SMILES string of the molecule is CCOc1ccc(Oc2ccccc2NC(=O)c2ccc(OC)c(OC)c2)cc1. The lowest BCUT2D eigenvalue weighted by Crippen LogP contribution is -2.12. The van der Waals surface area contributed by atoms with Crippen LogP contribution in [0.25, 0.3) is 0 Å². The Morgan fingerprint density at radius 2 is 1.52 bits per heavy atom. The second-order valence-corrected chi connectivity index (χ2v) is 6.03. The Bertz CT molecular complexity index is 969. The van der Waals surface area contributed by atoms with Crippen LogP contribution in [0, 0.1) is 0 Å². The van der Waals surface area contributed by atoms with E-state index in [4.69, 9.17) is 18.9 Å². The molecule has 3 rings (SSSR count). The van der Waals surface area contributed by atoms with Gasteiger partial charge in [0.1, 0.15) is 11.5 Å². The summed E-state index contributed by atoms with van der Waals surface area (Å²) in [5.41, 5.74) is 1.000. The topological polar surface area (TPSA) is 66.0 Å². The van der Waals surface area contributed by atoms with Gasteiger partial charge in [-0.25, -0.2) is 0 Å². The number of ether oxygens (including phenoxy) is 4. The second kappa shape index (κ2) is 9.50. The van der Waals surface area contributed by atoms with E-state index in [0.29, 0.717) is 40.9 Å². The molecular formula is C23H23NO5. The summed E-state index contributed by atoms with van der Waals surface area (Å²) in [6.07, 6.45) is 0. The molecule has 0 fully saturated rings. The minimum atomic E-state index is -0.284. The van der Waals surface area contributed by atoms with Crippen LogP contribution in [0.1, 0.15) is 17.3 Å². The summed E-state index contributed by atoms with van der Waals surface area (Å²) in [6.45, 7) is 2.53. The smallest absolute Gasteiger partial charge is 0.255 e. The molecule has 0 saturated heterocycles. The van der Waals surface area contributed by atoms with E-state index >= 15 is 0 Å². The number of benzene rings is 3. The van der Waals surface area contributed by atoms with Gasteiger partial charge in [0.15, 0.2) is 17.2 Å². The fourth-order valence-corrected chi connectivity index (χ4v) is 2.73. The molecule has 3 aromatic rings. The van der Waals surface area contributed by atoms with Crippen molar-refractivity contribution in [2.45, 2.75) is 6.92 Å². The lowest BCUT2D eigenvalue weighted by atomic mass is 10.1. The van der Waals surface area contributed by atoms with Gasteiger partial charge in [-0.15, -0.1) is 0 Å². The zero-order chi connectivity index (χ0) is 20.6. The molecule has 6 nitrogen and oxygen atoms in total. The molecule has 0 aliphatic heterocycles. The first-order valence-corrected chi connectivity index (χ1v) is 9.17. The Hall–Kier alpha value is -3.67. The van der Waals surface area contributed by atoms with Crippen LogP contribution in [0.3, 0.4) is 0 Å². The van der Waals surface area contributed by atoms with Crippen molar-refractivity contribution in [2.24, 2.45) is 0 Å². The Kier molecular flexibility index (Phi) is 6.58. The van der Waals surface area contributed by atoms with Crippen LogP contribution < -0.4 is 24.3 Å². The van der Waals surface area contributed by atoms with E-state index in [1.807, 2.05) is 43.3 Å². The van der Waals surface area contributed by atoms with E-state index in [-0.39, 0.29) is 5.91 Å². The minimum absolute atomic E-state index is 0.284. The Labute approximate surface area is 170 Å². The molecule has 0 atom stereocenters. The molecule has 1 amide bonds. The van der Waals surface area contributed by atoms with Crippen LogP contribution in [-0.2, 0) is 0 Å². The highest BCUT2D eigenvalue weighted by Crippen LogP contribution is 2.32. The lowest BCUT2D eigenvalue weighted by molar-refractivity contribution is 0.102. The fourth-order valence-electron chi connectivity index (χ4n) is 2.73. The molecule has 0 aliphatic carbocycles. The summed E-state index contributed by atoms with van der Waals surface area (Å²) in [5, 5.41) is 2.88. The molecule has 0 aromatic heterocycles. The molecule has 1 N–H and O–H groups in total. The number of methoxy groups -OCH3 is 2. The standard InChI is InChI=1S/C23H23NO5/c1-4-28-17-10-12-18(13-11-17)29-20-8-6-5-7-19(20)24-23(25)16-9-14-21(26-2)22(15-16)27-3/h5-15H,4H2,1-3H3,(H,24,25). The molecule has 0 saturated carbocycles. The Balaban J connectivity index is 1.77. The number of para-hydroxylation sites is 2. The lowest BCUT2D eigenvalue weighted by Gasteiger charge is -2.13. The summed E-state index contributed by atoms with van der Waals surface area (Å²) in [4.78, 5) is 12.7. The highest BCUT2D eigenvalue weighted by Gasteiger charge is 2.13. The molecule has 3 aromatic carbocycles. The number of hydrogen-bond acceptors (Lipinski definition) is 5. The molecule has 0 unspecified atom stereocenters. The van der Waals surface area contributed by atoms with Crippen LogP contribution in [0.5, 0.6) is 28.7 Å². The van der Waals surface area contributed by atoms with Crippen molar-refractivity contribution in [1.82, 2.24) is 0 Å². The molecule has 0 aliphatic rings. The van der Waals surface area contributed by atoms with Gasteiger partial charge >= 0.3 is 0 Å². The van der Waals surface area contributed by atoms with Crippen LogP contribution in [0.15, 0.2) is 66.7 Å². The van der Waals surface area contributed by atoms with Crippen molar-refractivity contribution in [3.8, 4) is 28.7 Å². The van der Waals surface area contributed by atoms with Gasteiger partial charge in [0.2, 0.25) is 0 Å². The third kappa shape index (κ3) is 4.99. The van der Waals surface area contributed by atoms with Crippen molar-refractivity contribution in [2.75, 3.05) is 26.1 Å². The third-order valence-corrected chi connectivity index (χ3v) is 4.14. The maximum atomic E-state index is 12.7. The zero-order valence-corrected chi connectivity index (χ0v) is 16.6. The van der Waals surface area contributed by atoms with E-state index in [1.165, 1.54) is 7.11 Å². The first kappa shape index (κ1) is 20.1. The third-order valence-electron chi connectivity index (χ3n) is 4.14. The van der Waals surface area contributed by atoms with Crippen LogP contribution in [0.4, 0.5) is 5.69 Å². The van der Waals surface area contributed by atoms with Gasteiger partial charge in [-0.05, 0) is 61.5 Å². The van der Waals surface area contributed by atoms with E-state index in [9.17, 15) is 4.79 Å². The predicted octanol–water partition coefficient (Wildman–Crippen LogP) is 5.15. The van der Waals surface area contributed by atoms with Crippen molar-refractivity contribution in [1.29, 1.82) is 0 Å². The van der Waals surface area contributed by atoms with E-state index in [0.717, 1.165) is 5.75 Å². The number of rotatable bonds is 8. The number of carbonyl (C=O) groups is 1. The average molecular weight is 393 g/mol. The molecule has 0 heterocycles. The number of carbonyl (C=O) groups excluding carboxylic acids is 1. The molecular weight excluding hydrogens is 370 g/mol. The minimum Gasteiger partial charge on any atom is -0.494 e. The first-order chi connectivity index (χ1) is 14.1. The van der Waals surface area contributed by atoms with E-state index in [2.05, 4.69) is 5.32 Å². The van der Waals surface area contributed by atoms with Gasteiger partial charge in [-0.3, -0.25) is 4.79 Å². The predicted molar refractivity (Wildman–Crippen MR) is 112 cm³/mol. The molecule has 0 radical (unpaired) electrons. The number of nitrogens with one attached hydrogen (secondary N) is 1. The Morgan fingerprint density at radius 1 is 0.828 bits per heavy atom. The summed E-state index contributed by atoms with van der Waals surface area (Å²) < 4.78 is 21.9. The summed E-state index contributed by atoms with van der Waals surface area (Å²) in [7, 11) is 3.07. The average Bonchev–Trinajstić information content (AvgIpc) is 2.76. The Morgan fingerprint density at radius 3 is 2.21 bits per heavy atom. The van der Waals surface area contributed by atoms with Crippen molar-refractivity contribution in [3.63, 3.8) is 0 Å². The van der Waals surface area contributed by atoms with Gasteiger partial charge in [-0.2, -0.15) is 0 Å². The van der Waals surface area contributed by atoms with Crippen molar-refractivity contribution in [3.05, 3.63) is 72.3 Å². The molecule has 0 bridgehead atoms. The van der Waals surface area contributed by atoms with Crippen molar-refractivity contribution >= 4 is 11.6 Å². The normalized spacial score (nSPS) is 10.2. The highest BCUT2D eigenvalue weighted by atomic mass is 16.5. The largest absolute Gasteiger partial charge is 0.494 e. The number of amides is 1. The maximum absolute atomic E-state index is 12.7. The molecule has 6 heteroatoms. The van der Waals surface area contributed by atoms with Crippen LogP contribution in [-0.4, -0.2) is 26.7 Å². The fraction of sp³-hybridized carbons (Fsp3) is 0.174.